The molecule has 0 aliphatic rings. The summed E-state index contributed by atoms with van der Waals surface area (Å²) in [6, 6.07) is 4.23. The van der Waals surface area contributed by atoms with E-state index in [0.29, 0.717) is 10.6 Å². The van der Waals surface area contributed by atoms with E-state index in [1.807, 2.05) is 5.38 Å². The number of thiazole rings is 1. The molecule has 1 heterocycles. The molecular weight excluding hydrogens is 369 g/mol. The lowest BCUT2D eigenvalue weighted by Gasteiger charge is -2.23. The third kappa shape index (κ3) is 5.48. The number of carbonyl (C=O) groups excluding carboxylic acids is 1. The van der Waals surface area contributed by atoms with Crippen LogP contribution in [0, 0.1) is 0 Å². The Hall–Kier alpha value is -2.55. The van der Waals surface area contributed by atoms with Gasteiger partial charge < -0.3 is 14.4 Å². The monoisotopic (exact) mass is 386 g/mol. The maximum absolute atomic E-state index is 12.7. The maximum Gasteiger partial charge on any atom is 0.406 e. The quantitative estimate of drug-likeness (QED) is 0.646. The minimum absolute atomic E-state index is 0.0639. The minimum atomic E-state index is -4.50. The topological polar surface area (TPSA) is 51.7 Å². The summed E-state index contributed by atoms with van der Waals surface area (Å²) in [6.45, 7) is 2.03. The van der Waals surface area contributed by atoms with Crippen LogP contribution in [0.1, 0.15) is 16.1 Å². The average molecular weight is 386 g/mol. The number of amides is 1. The lowest BCUT2D eigenvalue weighted by Crippen LogP contribution is -2.39. The lowest BCUT2D eigenvalue weighted by molar-refractivity contribution is -0.139. The van der Waals surface area contributed by atoms with E-state index in [1.54, 1.807) is 5.51 Å². The number of hydrogen-bond acceptors (Lipinski definition) is 5. The zero-order valence-electron chi connectivity index (χ0n) is 14.0. The van der Waals surface area contributed by atoms with E-state index in [-0.39, 0.29) is 24.5 Å². The van der Waals surface area contributed by atoms with Crippen LogP contribution in [0.2, 0.25) is 0 Å². The fraction of sp³-hybridized carbons (Fsp3) is 0.294. The molecule has 0 aliphatic carbocycles. The maximum atomic E-state index is 12.7. The Morgan fingerprint density at radius 1 is 1.38 bits per heavy atom. The van der Waals surface area contributed by atoms with Gasteiger partial charge in [-0.2, -0.15) is 13.2 Å². The summed E-state index contributed by atoms with van der Waals surface area (Å²) in [7, 11) is 1.39. The molecular formula is C17H17F3N2O3S. The van der Waals surface area contributed by atoms with Crippen LogP contribution in [0.15, 0.2) is 41.7 Å². The lowest BCUT2D eigenvalue weighted by atomic mass is 10.1. The summed E-state index contributed by atoms with van der Waals surface area (Å²) >= 11 is 1.43. The molecule has 0 saturated carbocycles. The van der Waals surface area contributed by atoms with E-state index >= 15 is 0 Å². The second-order valence-electron chi connectivity index (χ2n) is 5.22. The molecule has 0 atom stereocenters. The smallest absolute Gasteiger partial charge is 0.406 e. The summed E-state index contributed by atoms with van der Waals surface area (Å²) in [5.41, 5.74) is 2.47. The first-order chi connectivity index (χ1) is 12.3. The van der Waals surface area contributed by atoms with Crippen LogP contribution < -0.4 is 9.47 Å². The van der Waals surface area contributed by atoms with E-state index in [4.69, 9.17) is 9.47 Å². The van der Waals surface area contributed by atoms with Crippen molar-refractivity contribution in [2.45, 2.75) is 12.8 Å². The summed E-state index contributed by atoms with van der Waals surface area (Å²) in [5, 5.41) is 1.83. The molecule has 2 rings (SSSR count). The predicted octanol–water partition coefficient (Wildman–Crippen LogP) is 3.92. The Bertz CT molecular complexity index is 748. The van der Waals surface area contributed by atoms with Gasteiger partial charge in [-0.3, -0.25) is 4.79 Å². The molecule has 0 unspecified atom stereocenters. The SMILES string of the molecule is C=CCN(CC(F)(F)F)C(=O)c1ccc(OCc2cscn2)c(OC)c1. The minimum Gasteiger partial charge on any atom is -0.493 e. The Morgan fingerprint density at radius 2 is 2.15 bits per heavy atom. The molecule has 1 aromatic heterocycles. The standard InChI is InChI=1S/C17H17F3N2O3S/c1-3-6-22(10-17(18,19)20)16(23)12-4-5-14(15(7-12)24-2)25-8-13-9-26-11-21-13/h3-5,7,9,11H,1,6,8,10H2,2H3. The van der Waals surface area contributed by atoms with Crippen molar-refractivity contribution in [2.75, 3.05) is 20.2 Å². The van der Waals surface area contributed by atoms with Gasteiger partial charge in [-0.1, -0.05) is 6.08 Å². The van der Waals surface area contributed by atoms with Crippen LogP contribution in [-0.2, 0) is 6.61 Å². The van der Waals surface area contributed by atoms with Gasteiger partial charge >= 0.3 is 6.18 Å². The van der Waals surface area contributed by atoms with Gasteiger partial charge in [0.1, 0.15) is 13.2 Å². The van der Waals surface area contributed by atoms with Crippen molar-refractivity contribution in [1.82, 2.24) is 9.88 Å². The second-order valence-corrected chi connectivity index (χ2v) is 5.94. The third-order valence-corrected chi connectivity index (χ3v) is 3.91. The van der Waals surface area contributed by atoms with Crippen molar-refractivity contribution in [1.29, 1.82) is 0 Å². The zero-order valence-corrected chi connectivity index (χ0v) is 14.8. The zero-order chi connectivity index (χ0) is 19.2. The van der Waals surface area contributed by atoms with Crippen LogP contribution in [0.25, 0.3) is 0 Å². The number of halogens is 3. The van der Waals surface area contributed by atoms with Crippen molar-refractivity contribution in [2.24, 2.45) is 0 Å². The highest BCUT2D eigenvalue weighted by Gasteiger charge is 2.33. The number of methoxy groups -OCH3 is 1. The van der Waals surface area contributed by atoms with Gasteiger partial charge in [0.05, 0.1) is 18.3 Å². The molecule has 9 heteroatoms. The van der Waals surface area contributed by atoms with Crippen molar-refractivity contribution in [3.05, 3.63) is 53.0 Å². The first kappa shape index (κ1) is 19.8. The summed E-state index contributed by atoms with van der Waals surface area (Å²) < 4.78 is 48.8. The van der Waals surface area contributed by atoms with Gasteiger partial charge in [0.15, 0.2) is 11.5 Å². The van der Waals surface area contributed by atoms with Gasteiger partial charge in [0, 0.05) is 17.5 Å². The number of aromatic nitrogens is 1. The van der Waals surface area contributed by atoms with Gasteiger partial charge in [0.25, 0.3) is 5.91 Å². The van der Waals surface area contributed by atoms with E-state index in [1.165, 1.54) is 42.7 Å². The fourth-order valence-electron chi connectivity index (χ4n) is 2.15. The molecule has 0 N–H and O–H groups in total. The summed E-state index contributed by atoms with van der Waals surface area (Å²) in [4.78, 5) is 17.2. The molecule has 1 aromatic carbocycles. The number of ether oxygens (including phenoxy) is 2. The normalized spacial score (nSPS) is 11.1. The molecule has 26 heavy (non-hydrogen) atoms. The molecule has 0 saturated heterocycles. The highest BCUT2D eigenvalue weighted by Crippen LogP contribution is 2.30. The van der Waals surface area contributed by atoms with Gasteiger partial charge in [-0.25, -0.2) is 4.98 Å². The first-order valence-electron chi connectivity index (χ1n) is 7.49. The Morgan fingerprint density at radius 3 is 2.73 bits per heavy atom. The van der Waals surface area contributed by atoms with Crippen LogP contribution in [0.5, 0.6) is 11.5 Å². The average Bonchev–Trinajstić information content (AvgIpc) is 3.11. The predicted molar refractivity (Wildman–Crippen MR) is 91.6 cm³/mol. The summed E-state index contributed by atoms with van der Waals surface area (Å²) in [6.07, 6.45) is -3.26. The number of rotatable bonds is 8. The molecule has 0 radical (unpaired) electrons. The third-order valence-electron chi connectivity index (χ3n) is 3.28. The number of hydrogen-bond donors (Lipinski definition) is 0. The van der Waals surface area contributed by atoms with Gasteiger partial charge in [0.2, 0.25) is 0 Å². The van der Waals surface area contributed by atoms with Crippen molar-refractivity contribution >= 4 is 17.2 Å². The van der Waals surface area contributed by atoms with Gasteiger partial charge in [-0.05, 0) is 18.2 Å². The molecule has 2 aromatic rings. The highest BCUT2D eigenvalue weighted by molar-refractivity contribution is 7.07. The Balaban J connectivity index is 2.17. The molecule has 0 bridgehead atoms. The number of carbonyl (C=O) groups is 1. The number of benzene rings is 1. The van der Waals surface area contributed by atoms with Crippen molar-refractivity contribution < 1.29 is 27.4 Å². The number of nitrogens with zero attached hydrogens (tertiary/aromatic N) is 2. The van der Waals surface area contributed by atoms with Crippen molar-refractivity contribution in [3.8, 4) is 11.5 Å². The van der Waals surface area contributed by atoms with E-state index in [0.717, 1.165) is 5.69 Å². The van der Waals surface area contributed by atoms with E-state index in [2.05, 4.69) is 11.6 Å². The molecule has 140 valence electrons. The fourth-order valence-corrected chi connectivity index (χ4v) is 2.70. The molecule has 0 spiro atoms. The number of alkyl halides is 3. The van der Waals surface area contributed by atoms with Gasteiger partial charge in [-0.15, -0.1) is 17.9 Å². The Labute approximate surface area is 152 Å². The first-order valence-corrected chi connectivity index (χ1v) is 8.43. The summed E-state index contributed by atoms with van der Waals surface area (Å²) in [5.74, 6) is -0.161. The van der Waals surface area contributed by atoms with Crippen LogP contribution >= 0.6 is 11.3 Å². The van der Waals surface area contributed by atoms with E-state index < -0.39 is 18.6 Å². The molecule has 5 nitrogen and oxygen atoms in total. The molecule has 0 aliphatic heterocycles. The second kappa shape index (κ2) is 8.70. The Kier molecular flexibility index (Phi) is 6.62. The van der Waals surface area contributed by atoms with Crippen LogP contribution in [0.3, 0.4) is 0 Å². The van der Waals surface area contributed by atoms with Crippen molar-refractivity contribution in [3.63, 3.8) is 0 Å². The van der Waals surface area contributed by atoms with Crippen LogP contribution in [0.4, 0.5) is 13.2 Å². The molecule has 0 fully saturated rings. The van der Waals surface area contributed by atoms with Crippen LogP contribution in [-0.4, -0.2) is 42.2 Å². The highest BCUT2D eigenvalue weighted by atomic mass is 32.1. The van der Waals surface area contributed by atoms with E-state index in [9.17, 15) is 18.0 Å². The molecule has 1 amide bonds. The largest absolute Gasteiger partial charge is 0.493 e.